The molecule has 0 aliphatic rings. The lowest BCUT2D eigenvalue weighted by atomic mass is 9.94. The van der Waals surface area contributed by atoms with Gasteiger partial charge in [-0.1, -0.05) is 65.9 Å². The predicted octanol–water partition coefficient (Wildman–Crippen LogP) is 2.02. The highest BCUT2D eigenvalue weighted by Crippen LogP contribution is 2.30. The molecule has 0 fully saturated rings. The highest BCUT2D eigenvalue weighted by Gasteiger charge is 2.34. The van der Waals surface area contributed by atoms with E-state index in [1.165, 1.54) is 4.68 Å². The quantitative estimate of drug-likeness (QED) is 0.774. The van der Waals surface area contributed by atoms with Gasteiger partial charge in [0.15, 0.2) is 0 Å². The summed E-state index contributed by atoms with van der Waals surface area (Å²) in [4.78, 5) is 0. The Kier molecular flexibility index (Phi) is 2.85. The minimum Gasteiger partial charge on any atom is -0.362 e. The Labute approximate surface area is 111 Å². The molecule has 0 aliphatic heterocycles. The zero-order valence-electron chi connectivity index (χ0n) is 10.2. The molecular weight excluding hydrogens is 238 g/mol. The molecule has 0 amide bonds. The Hall–Kier alpha value is -2.46. The minimum atomic E-state index is -1.35. The first-order valence-electron chi connectivity index (χ1n) is 6.02. The van der Waals surface area contributed by atoms with Crippen LogP contribution in [0, 0.1) is 0 Å². The second kappa shape index (κ2) is 4.66. The molecule has 2 aromatic carbocycles. The molecule has 3 aromatic rings. The summed E-state index contributed by atoms with van der Waals surface area (Å²) in [5.41, 5.74) is 0.136. The number of aliphatic hydroxyl groups is 1. The molecule has 4 nitrogen and oxygen atoms in total. The maximum absolute atomic E-state index is 11.2. The van der Waals surface area contributed by atoms with Crippen LogP contribution in [0.4, 0.5) is 0 Å². The zero-order valence-corrected chi connectivity index (χ0v) is 10.2. The average Bonchev–Trinajstić information content (AvgIpc) is 3.03. The van der Waals surface area contributed by atoms with Crippen molar-refractivity contribution in [3.05, 3.63) is 84.2 Å². The van der Waals surface area contributed by atoms with E-state index in [2.05, 4.69) is 10.3 Å². The lowest BCUT2D eigenvalue weighted by Gasteiger charge is -2.28. The van der Waals surface area contributed by atoms with Crippen LogP contribution in [0.1, 0.15) is 11.1 Å². The molecule has 94 valence electrons. The Bertz CT molecular complexity index is 596. The highest BCUT2D eigenvalue weighted by molar-refractivity contribution is 5.35. The van der Waals surface area contributed by atoms with Gasteiger partial charge in [0.2, 0.25) is 5.72 Å². The molecule has 0 spiro atoms. The number of rotatable bonds is 3. The molecule has 19 heavy (non-hydrogen) atoms. The number of hydrogen-bond donors (Lipinski definition) is 1. The summed E-state index contributed by atoms with van der Waals surface area (Å²) in [7, 11) is 0. The van der Waals surface area contributed by atoms with Gasteiger partial charge in [0, 0.05) is 17.3 Å². The maximum Gasteiger partial charge on any atom is 0.212 e. The molecule has 0 atom stereocenters. The second-order valence-electron chi connectivity index (χ2n) is 4.25. The second-order valence-corrected chi connectivity index (χ2v) is 4.25. The molecule has 0 saturated carbocycles. The van der Waals surface area contributed by atoms with Crippen LogP contribution in [-0.2, 0) is 5.72 Å². The molecule has 1 aromatic heterocycles. The van der Waals surface area contributed by atoms with Crippen molar-refractivity contribution in [2.45, 2.75) is 5.72 Å². The van der Waals surface area contributed by atoms with E-state index < -0.39 is 5.72 Å². The van der Waals surface area contributed by atoms with Crippen molar-refractivity contribution in [1.82, 2.24) is 15.0 Å². The first-order valence-corrected chi connectivity index (χ1v) is 6.02. The SMILES string of the molecule is OC(c1ccccc1)(c1ccccc1)n1ccnn1. The summed E-state index contributed by atoms with van der Waals surface area (Å²) in [6.45, 7) is 0. The van der Waals surface area contributed by atoms with E-state index in [-0.39, 0.29) is 0 Å². The lowest BCUT2D eigenvalue weighted by molar-refractivity contribution is 0.0340. The standard InChI is InChI=1S/C15H13N3O/c19-15(18-12-11-16-17-18,13-7-3-1-4-8-13)14-9-5-2-6-10-14/h1-12,19H. The number of benzene rings is 2. The Morgan fingerprint density at radius 2 is 1.37 bits per heavy atom. The molecular formula is C15H13N3O. The molecule has 3 rings (SSSR count). The van der Waals surface area contributed by atoms with Crippen LogP contribution in [-0.4, -0.2) is 20.1 Å². The summed E-state index contributed by atoms with van der Waals surface area (Å²) in [5.74, 6) is 0. The Balaban J connectivity index is 2.23. The third-order valence-electron chi connectivity index (χ3n) is 3.11. The fraction of sp³-hybridized carbons (Fsp3) is 0.0667. The van der Waals surface area contributed by atoms with Crippen LogP contribution >= 0.6 is 0 Å². The van der Waals surface area contributed by atoms with E-state index in [1.807, 2.05) is 60.7 Å². The minimum absolute atomic E-state index is 0.742. The fourth-order valence-corrected chi connectivity index (χ4v) is 2.15. The monoisotopic (exact) mass is 251 g/mol. The van der Waals surface area contributed by atoms with E-state index in [0.717, 1.165) is 11.1 Å². The smallest absolute Gasteiger partial charge is 0.212 e. The molecule has 1 N–H and O–H groups in total. The van der Waals surface area contributed by atoms with Crippen LogP contribution in [0.3, 0.4) is 0 Å². The van der Waals surface area contributed by atoms with Crippen LogP contribution in [0.5, 0.6) is 0 Å². The average molecular weight is 251 g/mol. The van der Waals surface area contributed by atoms with Gasteiger partial charge in [-0.3, -0.25) is 0 Å². The first-order chi connectivity index (χ1) is 9.32. The molecule has 0 aliphatic carbocycles. The maximum atomic E-state index is 11.2. The lowest BCUT2D eigenvalue weighted by Crippen LogP contribution is -2.36. The van der Waals surface area contributed by atoms with Gasteiger partial charge in [-0.05, 0) is 0 Å². The van der Waals surface area contributed by atoms with Crippen molar-refractivity contribution in [1.29, 1.82) is 0 Å². The summed E-state index contributed by atoms with van der Waals surface area (Å²) >= 11 is 0. The predicted molar refractivity (Wildman–Crippen MR) is 71.3 cm³/mol. The van der Waals surface area contributed by atoms with E-state index in [4.69, 9.17) is 0 Å². The number of nitrogens with zero attached hydrogens (tertiary/aromatic N) is 3. The molecule has 4 heteroatoms. The third-order valence-corrected chi connectivity index (χ3v) is 3.11. The van der Waals surface area contributed by atoms with Crippen LogP contribution in [0.15, 0.2) is 73.1 Å². The van der Waals surface area contributed by atoms with Crippen LogP contribution in [0.2, 0.25) is 0 Å². The van der Waals surface area contributed by atoms with Gasteiger partial charge in [-0.25, -0.2) is 4.68 Å². The van der Waals surface area contributed by atoms with Crippen molar-refractivity contribution < 1.29 is 5.11 Å². The summed E-state index contributed by atoms with van der Waals surface area (Å²) in [6, 6.07) is 18.9. The van der Waals surface area contributed by atoms with Crippen LogP contribution in [0.25, 0.3) is 0 Å². The molecule has 0 unspecified atom stereocenters. The van der Waals surface area contributed by atoms with Gasteiger partial charge in [0.25, 0.3) is 0 Å². The third kappa shape index (κ3) is 1.92. The molecule has 0 saturated heterocycles. The molecule has 1 heterocycles. The molecule has 0 bridgehead atoms. The fourth-order valence-electron chi connectivity index (χ4n) is 2.15. The van der Waals surface area contributed by atoms with E-state index in [9.17, 15) is 5.11 Å². The van der Waals surface area contributed by atoms with Crippen molar-refractivity contribution >= 4 is 0 Å². The topological polar surface area (TPSA) is 50.9 Å². The van der Waals surface area contributed by atoms with Gasteiger partial charge >= 0.3 is 0 Å². The normalized spacial score (nSPS) is 11.4. The Morgan fingerprint density at radius 3 is 1.79 bits per heavy atom. The van der Waals surface area contributed by atoms with E-state index in [0.29, 0.717) is 0 Å². The summed E-state index contributed by atoms with van der Waals surface area (Å²) in [6.07, 6.45) is 3.21. The van der Waals surface area contributed by atoms with Gasteiger partial charge in [-0.15, -0.1) is 5.10 Å². The number of aromatic nitrogens is 3. The summed E-state index contributed by atoms with van der Waals surface area (Å²) < 4.78 is 1.46. The van der Waals surface area contributed by atoms with Crippen molar-refractivity contribution in [2.75, 3.05) is 0 Å². The molecule has 0 radical (unpaired) electrons. The van der Waals surface area contributed by atoms with Crippen LogP contribution < -0.4 is 0 Å². The largest absolute Gasteiger partial charge is 0.362 e. The van der Waals surface area contributed by atoms with Gasteiger partial charge in [0.1, 0.15) is 0 Å². The zero-order chi connectivity index (χ0) is 13.1. The van der Waals surface area contributed by atoms with Crippen molar-refractivity contribution in [3.63, 3.8) is 0 Å². The first kappa shape index (κ1) is 11.6. The van der Waals surface area contributed by atoms with Gasteiger partial charge in [0.05, 0.1) is 6.20 Å². The Morgan fingerprint density at radius 1 is 0.842 bits per heavy atom. The van der Waals surface area contributed by atoms with Crippen molar-refractivity contribution in [3.8, 4) is 0 Å². The van der Waals surface area contributed by atoms with Crippen molar-refractivity contribution in [2.24, 2.45) is 0 Å². The summed E-state index contributed by atoms with van der Waals surface area (Å²) in [5, 5.41) is 18.9. The van der Waals surface area contributed by atoms with E-state index in [1.54, 1.807) is 12.4 Å². The highest BCUT2D eigenvalue weighted by atomic mass is 16.3. The van der Waals surface area contributed by atoms with E-state index >= 15 is 0 Å². The van der Waals surface area contributed by atoms with Gasteiger partial charge in [-0.2, -0.15) is 0 Å². The number of hydrogen-bond acceptors (Lipinski definition) is 3. The van der Waals surface area contributed by atoms with Gasteiger partial charge < -0.3 is 5.11 Å².